The van der Waals surface area contributed by atoms with E-state index >= 15 is 0 Å². The number of hydrogen-bond acceptors (Lipinski definition) is 4. The molecular formula is C21H20O4. The van der Waals surface area contributed by atoms with Crippen LogP contribution in [0.25, 0.3) is 6.08 Å². The monoisotopic (exact) mass is 336 g/mol. The largest absolute Gasteiger partial charge is 0.507 e. The number of rotatable bonds is 5. The van der Waals surface area contributed by atoms with Crippen molar-refractivity contribution in [3.05, 3.63) is 71.3 Å². The average molecular weight is 336 g/mol. The third kappa shape index (κ3) is 3.29. The number of carbonyl (C=O) groups is 1. The van der Waals surface area contributed by atoms with Gasteiger partial charge >= 0.3 is 0 Å². The van der Waals surface area contributed by atoms with Gasteiger partial charge in [0.25, 0.3) is 0 Å². The molecule has 0 spiro atoms. The SMILES string of the molecule is C=C(C)[C@@H]1Cc2c(cc(OC)c(C(=O)/C=C/c3ccccc3)c2O)O1. The maximum atomic E-state index is 12.6. The summed E-state index contributed by atoms with van der Waals surface area (Å²) in [5.74, 6) is 0.424. The fraction of sp³-hybridized carbons (Fsp3) is 0.190. The molecular weight excluding hydrogens is 316 g/mol. The van der Waals surface area contributed by atoms with Crippen LogP contribution in [0.1, 0.15) is 28.4 Å². The van der Waals surface area contributed by atoms with Gasteiger partial charge in [0.05, 0.1) is 7.11 Å². The smallest absolute Gasteiger partial charge is 0.193 e. The normalized spacial score (nSPS) is 15.7. The van der Waals surface area contributed by atoms with E-state index in [-0.39, 0.29) is 23.2 Å². The van der Waals surface area contributed by atoms with Crippen molar-refractivity contribution in [3.63, 3.8) is 0 Å². The molecule has 25 heavy (non-hydrogen) atoms. The van der Waals surface area contributed by atoms with E-state index in [1.165, 1.54) is 13.2 Å². The number of fused-ring (bicyclic) bond motifs is 1. The van der Waals surface area contributed by atoms with Crippen molar-refractivity contribution < 1.29 is 19.4 Å². The molecule has 0 radical (unpaired) electrons. The van der Waals surface area contributed by atoms with E-state index in [9.17, 15) is 9.90 Å². The lowest BCUT2D eigenvalue weighted by Gasteiger charge is -2.12. The van der Waals surface area contributed by atoms with E-state index < -0.39 is 0 Å². The highest BCUT2D eigenvalue weighted by Gasteiger charge is 2.31. The van der Waals surface area contributed by atoms with Crippen LogP contribution in [0.5, 0.6) is 17.2 Å². The second-order valence-electron chi connectivity index (χ2n) is 6.04. The van der Waals surface area contributed by atoms with Crippen molar-refractivity contribution in [2.24, 2.45) is 0 Å². The summed E-state index contributed by atoms with van der Waals surface area (Å²) >= 11 is 0. The van der Waals surface area contributed by atoms with Gasteiger partial charge in [-0.05, 0) is 24.1 Å². The summed E-state index contributed by atoms with van der Waals surface area (Å²) in [5.41, 5.74) is 2.54. The Bertz CT molecular complexity index is 850. The molecule has 1 atom stereocenters. The predicted octanol–water partition coefficient (Wildman–Crippen LogP) is 4.18. The van der Waals surface area contributed by atoms with Gasteiger partial charge in [0.1, 0.15) is 28.9 Å². The van der Waals surface area contributed by atoms with Gasteiger partial charge in [-0.25, -0.2) is 0 Å². The van der Waals surface area contributed by atoms with Crippen LogP contribution in [-0.4, -0.2) is 24.1 Å². The number of carbonyl (C=O) groups excluding carboxylic acids is 1. The van der Waals surface area contributed by atoms with Crippen molar-refractivity contribution in [1.82, 2.24) is 0 Å². The maximum absolute atomic E-state index is 12.6. The number of phenols is 1. The first-order valence-electron chi connectivity index (χ1n) is 8.03. The lowest BCUT2D eigenvalue weighted by molar-refractivity contribution is 0.104. The number of benzene rings is 2. The first kappa shape index (κ1) is 16.8. The van der Waals surface area contributed by atoms with Crippen LogP contribution < -0.4 is 9.47 Å². The zero-order chi connectivity index (χ0) is 18.0. The Kier molecular flexibility index (Phi) is 4.61. The Hall–Kier alpha value is -3.01. The molecule has 0 aliphatic carbocycles. The van der Waals surface area contributed by atoms with Crippen molar-refractivity contribution in [2.75, 3.05) is 7.11 Å². The molecule has 0 saturated carbocycles. The van der Waals surface area contributed by atoms with Crippen LogP contribution in [0, 0.1) is 0 Å². The number of aromatic hydroxyl groups is 1. The summed E-state index contributed by atoms with van der Waals surface area (Å²) in [6, 6.07) is 11.2. The minimum absolute atomic E-state index is 0.0826. The number of phenolic OH excluding ortho intramolecular Hbond substituents is 1. The minimum atomic E-state index is -0.320. The molecule has 1 N–H and O–H groups in total. The first-order valence-corrected chi connectivity index (χ1v) is 8.03. The Balaban J connectivity index is 1.97. The minimum Gasteiger partial charge on any atom is -0.507 e. The first-order chi connectivity index (χ1) is 12.0. The molecule has 4 heteroatoms. The highest BCUT2D eigenvalue weighted by molar-refractivity contribution is 6.11. The van der Waals surface area contributed by atoms with Gasteiger partial charge in [-0.15, -0.1) is 0 Å². The molecule has 1 aliphatic rings. The fourth-order valence-electron chi connectivity index (χ4n) is 2.84. The summed E-state index contributed by atoms with van der Waals surface area (Å²) in [4.78, 5) is 12.6. The summed E-state index contributed by atoms with van der Waals surface area (Å²) in [7, 11) is 1.46. The molecule has 0 fully saturated rings. The summed E-state index contributed by atoms with van der Waals surface area (Å²) in [6.45, 7) is 5.77. The molecule has 128 valence electrons. The second kappa shape index (κ2) is 6.85. The van der Waals surface area contributed by atoms with Crippen LogP contribution in [0.3, 0.4) is 0 Å². The molecule has 1 heterocycles. The average Bonchev–Trinajstić information content (AvgIpc) is 3.05. The highest BCUT2D eigenvalue weighted by atomic mass is 16.5. The Morgan fingerprint density at radius 3 is 2.72 bits per heavy atom. The molecule has 0 bridgehead atoms. The van der Waals surface area contributed by atoms with Gasteiger partial charge in [-0.2, -0.15) is 0 Å². The number of hydrogen-bond donors (Lipinski definition) is 1. The third-order valence-corrected chi connectivity index (χ3v) is 4.23. The highest BCUT2D eigenvalue weighted by Crippen LogP contribution is 2.44. The molecule has 0 aromatic heterocycles. The van der Waals surface area contributed by atoms with E-state index in [0.717, 1.165) is 11.1 Å². The van der Waals surface area contributed by atoms with E-state index in [2.05, 4.69) is 6.58 Å². The zero-order valence-corrected chi connectivity index (χ0v) is 14.3. The Morgan fingerprint density at radius 1 is 1.36 bits per heavy atom. The van der Waals surface area contributed by atoms with Crippen LogP contribution >= 0.6 is 0 Å². The molecule has 3 rings (SSSR count). The number of allylic oxidation sites excluding steroid dienone is 1. The lowest BCUT2D eigenvalue weighted by atomic mass is 9.99. The van der Waals surface area contributed by atoms with E-state index in [1.54, 1.807) is 12.1 Å². The second-order valence-corrected chi connectivity index (χ2v) is 6.04. The standard InChI is InChI=1S/C21H20O4/c1-13(2)17-11-15-18(25-17)12-19(24-3)20(21(15)23)16(22)10-9-14-7-5-4-6-8-14/h4-10,12,17,23H,1,11H2,2-3H3/b10-9+/t17-/m0/s1. The molecule has 0 unspecified atom stereocenters. The molecule has 4 nitrogen and oxygen atoms in total. The van der Waals surface area contributed by atoms with Crippen LogP contribution in [0.15, 0.2) is 54.6 Å². The van der Waals surface area contributed by atoms with E-state index in [0.29, 0.717) is 23.5 Å². The van der Waals surface area contributed by atoms with Gasteiger partial charge in [0.2, 0.25) is 0 Å². The van der Waals surface area contributed by atoms with Gasteiger partial charge in [-0.3, -0.25) is 4.79 Å². The van der Waals surface area contributed by atoms with Crippen molar-refractivity contribution in [2.45, 2.75) is 19.4 Å². The van der Waals surface area contributed by atoms with Crippen LogP contribution in [-0.2, 0) is 6.42 Å². The number of methoxy groups -OCH3 is 1. The molecule has 0 saturated heterocycles. The number of ketones is 1. The van der Waals surface area contributed by atoms with Crippen LogP contribution in [0.4, 0.5) is 0 Å². The molecule has 1 aliphatic heterocycles. The lowest BCUT2D eigenvalue weighted by Crippen LogP contribution is -2.13. The summed E-state index contributed by atoms with van der Waals surface area (Å²) in [5, 5.41) is 10.6. The predicted molar refractivity (Wildman–Crippen MR) is 97.4 cm³/mol. The Labute approximate surface area is 147 Å². The van der Waals surface area contributed by atoms with Gasteiger partial charge in [0.15, 0.2) is 5.78 Å². The molecule has 2 aromatic carbocycles. The van der Waals surface area contributed by atoms with E-state index in [1.807, 2.05) is 37.3 Å². The third-order valence-electron chi connectivity index (χ3n) is 4.23. The maximum Gasteiger partial charge on any atom is 0.193 e. The zero-order valence-electron chi connectivity index (χ0n) is 14.3. The number of ether oxygens (including phenoxy) is 2. The quantitative estimate of drug-likeness (QED) is 0.506. The topological polar surface area (TPSA) is 55.8 Å². The van der Waals surface area contributed by atoms with Crippen LogP contribution in [0.2, 0.25) is 0 Å². The Morgan fingerprint density at radius 2 is 2.08 bits per heavy atom. The van der Waals surface area contributed by atoms with Gasteiger partial charge < -0.3 is 14.6 Å². The van der Waals surface area contributed by atoms with Gasteiger partial charge in [-0.1, -0.05) is 43.0 Å². The molecule has 2 aromatic rings. The van der Waals surface area contributed by atoms with Gasteiger partial charge in [0, 0.05) is 18.1 Å². The summed E-state index contributed by atoms with van der Waals surface area (Å²) < 4.78 is 11.1. The van der Waals surface area contributed by atoms with Crippen molar-refractivity contribution in [1.29, 1.82) is 0 Å². The summed E-state index contributed by atoms with van der Waals surface area (Å²) in [6.07, 6.45) is 3.44. The van der Waals surface area contributed by atoms with E-state index in [4.69, 9.17) is 9.47 Å². The van der Waals surface area contributed by atoms with Crippen molar-refractivity contribution >= 4 is 11.9 Å². The molecule has 0 amide bonds. The van der Waals surface area contributed by atoms with Crippen molar-refractivity contribution in [3.8, 4) is 17.2 Å². The fourth-order valence-corrected chi connectivity index (χ4v) is 2.84.